The molecular weight excluding hydrogens is 224 g/mol. The molecule has 0 spiro atoms. The molecule has 0 heterocycles. The molecule has 0 aliphatic carbocycles. The molecule has 0 bridgehead atoms. The Morgan fingerprint density at radius 1 is 1.24 bits per heavy atom. The molecule has 0 aromatic heterocycles. The normalized spacial score (nSPS) is 14.1. The second-order valence-electron chi connectivity index (χ2n) is 4.08. The predicted molar refractivity (Wildman–Crippen MR) is 62.6 cm³/mol. The molecule has 0 fully saturated rings. The summed E-state index contributed by atoms with van der Waals surface area (Å²) in [6.45, 7) is 3.98. The standard InChI is InChI=1S/C12H22O5/c1-3-5-6-7-9(4-2)17-12(16)10(13)8-11(14)15/h9-10,13H,3-8H2,1-2H3,(H,14,15). The lowest BCUT2D eigenvalue weighted by atomic mass is 10.1. The number of esters is 1. The third kappa shape index (κ3) is 7.74. The monoisotopic (exact) mass is 246 g/mol. The molecule has 2 N–H and O–H groups in total. The van der Waals surface area contributed by atoms with Crippen molar-refractivity contribution in [3.63, 3.8) is 0 Å². The van der Waals surface area contributed by atoms with Gasteiger partial charge in [0.1, 0.15) is 6.10 Å². The first-order valence-electron chi connectivity index (χ1n) is 6.11. The molecule has 5 heteroatoms. The molecule has 100 valence electrons. The van der Waals surface area contributed by atoms with Crippen LogP contribution in [0.1, 0.15) is 52.4 Å². The molecule has 17 heavy (non-hydrogen) atoms. The number of carboxylic acids is 1. The fourth-order valence-corrected chi connectivity index (χ4v) is 1.46. The maximum atomic E-state index is 11.3. The lowest BCUT2D eigenvalue weighted by Gasteiger charge is -2.17. The molecule has 0 aliphatic heterocycles. The molecule has 0 aliphatic rings. The van der Waals surface area contributed by atoms with Gasteiger partial charge in [0.25, 0.3) is 0 Å². The van der Waals surface area contributed by atoms with Gasteiger partial charge in [0.2, 0.25) is 0 Å². The molecule has 5 nitrogen and oxygen atoms in total. The SMILES string of the molecule is CCCCCC(CC)OC(=O)C(O)CC(=O)O. The van der Waals surface area contributed by atoms with E-state index in [2.05, 4.69) is 6.92 Å². The number of hydrogen-bond donors (Lipinski definition) is 2. The highest BCUT2D eigenvalue weighted by molar-refractivity contribution is 5.80. The van der Waals surface area contributed by atoms with Gasteiger partial charge in [0.05, 0.1) is 6.42 Å². The zero-order valence-corrected chi connectivity index (χ0v) is 10.5. The Labute approximate surface area is 102 Å². The summed E-state index contributed by atoms with van der Waals surface area (Å²) in [4.78, 5) is 21.7. The third-order valence-corrected chi connectivity index (χ3v) is 2.51. The van der Waals surface area contributed by atoms with Gasteiger partial charge in [-0.05, 0) is 19.3 Å². The lowest BCUT2D eigenvalue weighted by Crippen LogP contribution is -2.29. The average molecular weight is 246 g/mol. The summed E-state index contributed by atoms with van der Waals surface area (Å²) < 4.78 is 5.06. The van der Waals surface area contributed by atoms with Crippen molar-refractivity contribution in [3.05, 3.63) is 0 Å². The molecule has 2 unspecified atom stereocenters. The fraction of sp³-hybridized carbons (Fsp3) is 0.833. The number of rotatable bonds is 9. The number of carboxylic acid groups (broad SMARTS) is 1. The Bertz CT molecular complexity index is 239. The summed E-state index contributed by atoms with van der Waals surface area (Å²) in [5.41, 5.74) is 0. The number of aliphatic hydroxyl groups is 1. The van der Waals surface area contributed by atoms with E-state index in [0.29, 0.717) is 6.42 Å². The van der Waals surface area contributed by atoms with Crippen LogP contribution in [0.3, 0.4) is 0 Å². The molecule has 0 aromatic rings. The van der Waals surface area contributed by atoms with E-state index in [4.69, 9.17) is 9.84 Å². The minimum Gasteiger partial charge on any atom is -0.481 e. The van der Waals surface area contributed by atoms with E-state index in [9.17, 15) is 14.7 Å². The fourth-order valence-electron chi connectivity index (χ4n) is 1.46. The second kappa shape index (κ2) is 8.98. The first-order valence-corrected chi connectivity index (χ1v) is 6.11. The minimum absolute atomic E-state index is 0.225. The third-order valence-electron chi connectivity index (χ3n) is 2.51. The van der Waals surface area contributed by atoms with Gasteiger partial charge in [-0.1, -0.05) is 26.7 Å². The van der Waals surface area contributed by atoms with Crippen molar-refractivity contribution in [2.24, 2.45) is 0 Å². The molecule has 0 aromatic carbocycles. The first kappa shape index (κ1) is 15.9. The molecule has 0 amide bonds. The Hall–Kier alpha value is -1.10. The summed E-state index contributed by atoms with van der Waals surface area (Å²) >= 11 is 0. The Kier molecular flexibility index (Phi) is 8.40. The summed E-state index contributed by atoms with van der Waals surface area (Å²) in [5, 5.41) is 17.7. The highest BCUT2D eigenvalue weighted by atomic mass is 16.6. The number of aliphatic carboxylic acids is 1. The number of hydrogen-bond acceptors (Lipinski definition) is 4. The van der Waals surface area contributed by atoms with Crippen molar-refractivity contribution in [1.82, 2.24) is 0 Å². The highest BCUT2D eigenvalue weighted by Crippen LogP contribution is 2.11. The average Bonchev–Trinajstić information content (AvgIpc) is 2.26. The van der Waals surface area contributed by atoms with Crippen molar-refractivity contribution < 1.29 is 24.5 Å². The summed E-state index contributed by atoms with van der Waals surface area (Å²) in [5.74, 6) is -2.05. The van der Waals surface area contributed by atoms with Gasteiger partial charge < -0.3 is 14.9 Å². The van der Waals surface area contributed by atoms with Crippen molar-refractivity contribution >= 4 is 11.9 Å². The number of ether oxygens (including phenoxy) is 1. The zero-order valence-electron chi connectivity index (χ0n) is 10.5. The van der Waals surface area contributed by atoms with Gasteiger partial charge in [-0.15, -0.1) is 0 Å². The van der Waals surface area contributed by atoms with E-state index >= 15 is 0 Å². The smallest absolute Gasteiger partial charge is 0.335 e. The van der Waals surface area contributed by atoms with Crippen LogP contribution in [0.15, 0.2) is 0 Å². The zero-order chi connectivity index (χ0) is 13.3. The minimum atomic E-state index is -1.56. The van der Waals surface area contributed by atoms with Gasteiger partial charge in [0, 0.05) is 0 Å². The van der Waals surface area contributed by atoms with Crippen molar-refractivity contribution in [2.75, 3.05) is 0 Å². The van der Waals surface area contributed by atoms with Crippen molar-refractivity contribution in [1.29, 1.82) is 0 Å². The van der Waals surface area contributed by atoms with Crippen molar-refractivity contribution in [2.45, 2.75) is 64.6 Å². The Morgan fingerprint density at radius 3 is 2.35 bits per heavy atom. The summed E-state index contributed by atoms with van der Waals surface area (Å²) in [7, 11) is 0. The van der Waals surface area contributed by atoms with Crippen LogP contribution in [0.25, 0.3) is 0 Å². The number of aliphatic hydroxyl groups excluding tert-OH is 1. The quantitative estimate of drug-likeness (QED) is 0.478. The molecule has 0 saturated carbocycles. The van der Waals surface area contributed by atoms with Crippen LogP contribution in [0, 0.1) is 0 Å². The molecule has 0 rings (SSSR count). The molecule has 0 radical (unpaired) electrons. The number of carbonyl (C=O) groups excluding carboxylic acids is 1. The largest absolute Gasteiger partial charge is 0.481 e. The molecule has 0 saturated heterocycles. The van der Waals surface area contributed by atoms with E-state index in [1.807, 2.05) is 6.92 Å². The topological polar surface area (TPSA) is 83.8 Å². The summed E-state index contributed by atoms with van der Waals surface area (Å²) in [6, 6.07) is 0. The van der Waals surface area contributed by atoms with Crippen LogP contribution in [0.2, 0.25) is 0 Å². The van der Waals surface area contributed by atoms with Gasteiger partial charge in [-0.3, -0.25) is 4.79 Å². The predicted octanol–water partition coefficient (Wildman–Crippen LogP) is 1.72. The van der Waals surface area contributed by atoms with Gasteiger partial charge in [-0.2, -0.15) is 0 Å². The lowest BCUT2D eigenvalue weighted by molar-refractivity contribution is -0.163. The van der Waals surface area contributed by atoms with E-state index in [1.165, 1.54) is 0 Å². The Balaban J connectivity index is 4.00. The molecular formula is C12H22O5. The van der Waals surface area contributed by atoms with E-state index in [1.54, 1.807) is 0 Å². The van der Waals surface area contributed by atoms with Gasteiger partial charge in [0.15, 0.2) is 6.10 Å². The van der Waals surface area contributed by atoms with E-state index in [-0.39, 0.29) is 6.10 Å². The number of carbonyl (C=O) groups is 2. The van der Waals surface area contributed by atoms with Crippen molar-refractivity contribution in [3.8, 4) is 0 Å². The van der Waals surface area contributed by atoms with Crippen LogP contribution in [0.4, 0.5) is 0 Å². The first-order chi connectivity index (χ1) is 8.01. The molecule has 2 atom stereocenters. The van der Waals surface area contributed by atoms with Gasteiger partial charge in [-0.25, -0.2) is 4.79 Å². The maximum Gasteiger partial charge on any atom is 0.335 e. The van der Waals surface area contributed by atoms with Crippen LogP contribution in [-0.4, -0.2) is 34.4 Å². The van der Waals surface area contributed by atoms with Crippen LogP contribution in [0.5, 0.6) is 0 Å². The van der Waals surface area contributed by atoms with Crippen LogP contribution >= 0.6 is 0 Å². The summed E-state index contributed by atoms with van der Waals surface area (Å²) in [6.07, 6.45) is 2.18. The van der Waals surface area contributed by atoms with Crippen LogP contribution < -0.4 is 0 Å². The van der Waals surface area contributed by atoms with E-state index in [0.717, 1.165) is 25.7 Å². The highest BCUT2D eigenvalue weighted by Gasteiger charge is 2.22. The maximum absolute atomic E-state index is 11.3. The number of unbranched alkanes of at least 4 members (excludes halogenated alkanes) is 2. The van der Waals surface area contributed by atoms with E-state index < -0.39 is 24.5 Å². The van der Waals surface area contributed by atoms with Gasteiger partial charge >= 0.3 is 11.9 Å². The second-order valence-corrected chi connectivity index (χ2v) is 4.08. The van der Waals surface area contributed by atoms with Crippen LogP contribution in [-0.2, 0) is 14.3 Å². The Morgan fingerprint density at radius 2 is 1.88 bits per heavy atom.